The van der Waals surface area contributed by atoms with Crippen LogP contribution in [0.25, 0.3) is 11.3 Å². The third kappa shape index (κ3) is 6.62. The average molecular weight is 458 g/mol. The van der Waals surface area contributed by atoms with Gasteiger partial charge in [0.25, 0.3) is 0 Å². The van der Waals surface area contributed by atoms with Gasteiger partial charge >= 0.3 is 25.0 Å². The zero-order chi connectivity index (χ0) is 23.7. The van der Waals surface area contributed by atoms with Crippen LogP contribution in [0.3, 0.4) is 0 Å². The van der Waals surface area contributed by atoms with Gasteiger partial charge in [-0.3, -0.25) is 0 Å². The molecular weight excluding hydrogens is 432 g/mol. The number of carboxylic acid groups (broad SMARTS) is 1. The number of aromatic hydroxyl groups is 1. The molecule has 7 nitrogen and oxygen atoms in total. The van der Waals surface area contributed by atoms with E-state index in [-0.39, 0.29) is 30.5 Å². The van der Waals surface area contributed by atoms with Crippen LogP contribution in [0.5, 0.6) is 5.75 Å². The van der Waals surface area contributed by atoms with Gasteiger partial charge in [-0.05, 0) is 56.1 Å². The molecule has 174 valence electrons. The van der Waals surface area contributed by atoms with E-state index in [0.29, 0.717) is 36.2 Å². The topological polar surface area (TPSA) is 101 Å². The first-order chi connectivity index (χ1) is 14.9. The van der Waals surface area contributed by atoms with Crippen LogP contribution in [0.2, 0.25) is 0 Å². The molecular formula is C22H26F3LiN4O3. The second-order valence-electron chi connectivity index (χ2n) is 8.88. The fourth-order valence-corrected chi connectivity index (χ4v) is 3.88. The van der Waals surface area contributed by atoms with Crippen LogP contribution in [-0.4, -0.2) is 51.8 Å². The van der Waals surface area contributed by atoms with E-state index in [9.17, 15) is 28.2 Å². The van der Waals surface area contributed by atoms with Gasteiger partial charge in [-0.25, -0.2) is 0 Å². The van der Waals surface area contributed by atoms with Crippen molar-refractivity contribution >= 4 is 11.8 Å². The number of hydrogen-bond acceptors (Lipinski definition) is 7. The molecule has 2 N–H and O–H groups in total. The molecule has 3 rings (SSSR count). The number of piperidine rings is 1. The van der Waals surface area contributed by atoms with Crippen molar-refractivity contribution in [1.82, 2.24) is 15.1 Å². The van der Waals surface area contributed by atoms with Crippen molar-refractivity contribution in [3.05, 3.63) is 35.4 Å². The number of rotatable bonds is 6. The largest absolute Gasteiger partial charge is 1.00 e. The maximum absolute atomic E-state index is 12.8. The minimum Gasteiger partial charge on any atom is -0.550 e. The van der Waals surface area contributed by atoms with Crippen molar-refractivity contribution in [3.63, 3.8) is 0 Å². The number of carboxylic acids is 1. The molecule has 0 unspecified atom stereocenters. The van der Waals surface area contributed by atoms with Crippen LogP contribution in [0, 0.1) is 12.3 Å². The van der Waals surface area contributed by atoms with Crippen molar-refractivity contribution in [1.29, 1.82) is 0 Å². The van der Waals surface area contributed by atoms with E-state index in [1.807, 2.05) is 0 Å². The summed E-state index contributed by atoms with van der Waals surface area (Å²) in [5.74, 6) is -1.10. The number of nitrogens with one attached hydrogen (secondary N) is 1. The zero-order valence-electron chi connectivity index (χ0n) is 19.2. The number of likely N-dealkylation sites (tertiary alicyclic amines) is 1. The molecule has 0 aliphatic carbocycles. The molecule has 0 amide bonds. The fourth-order valence-electron chi connectivity index (χ4n) is 3.88. The van der Waals surface area contributed by atoms with Crippen molar-refractivity contribution in [2.75, 3.05) is 25.0 Å². The van der Waals surface area contributed by atoms with Gasteiger partial charge in [-0.2, -0.15) is 13.2 Å². The van der Waals surface area contributed by atoms with Gasteiger partial charge in [-0.15, -0.1) is 10.2 Å². The second kappa shape index (κ2) is 10.3. The van der Waals surface area contributed by atoms with Gasteiger partial charge in [0.2, 0.25) is 0 Å². The molecule has 1 fully saturated rings. The Morgan fingerprint density at radius 3 is 2.55 bits per heavy atom. The molecule has 2 heterocycles. The average Bonchev–Trinajstić information content (AvgIpc) is 2.67. The van der Waals surface area contributed by atoms with Gasteiger partial charge in [0.1, 0.15) is 11.6 Å². The normalized spacial score (nSPS) is 17.3. The molecule has 0 spiro atoms. The molecule has 1 saturated heterocycles. The van der Waals surface area contributed by atoms with Gasteiger partial charge in [0.15, 0.2) is 0 Å². The van der Waals surface area contributed by atoms with Crippen molar-refractivity contribution in [2.24, 2.45) is 5.41 Å². The minimum absolute atomic E-state index is 0. The second-order valence-corrected chi connectivity index (χ2v) is 8.88. The van der Waals surface area contributed by atoms with Gasteiger partial charge in [0, 0.05) is 36.1 Å². The summed E-state index contributed by atoms with van der Waals surface area (Å²) in [6, 6.07) is 4.52. The molecule has 1 aromatic carbocycles. The smallest absolute Gasteiger partial charge is 0.550 e. The van der Waals surface area contributed by atoms with E-state index in [2.05, 4.69) is 20.4 Å². The van der Waals surface area contributed by atoms with Gasteiger partial charge < -0.3 is 25.2 Å². The molecule has 0 radical (unpaired) electrons. The Kier molecular flexibility index (Phi) is 8.44. The summed E-state index contributed by atoms with van der Waals surface area (Å²) in [5, 5.41) is 32.9. The van der Waals surface area contributed by atoms with E-state index >= 15 is 0 Å². The van der Waals surface area contributed by atoms with Crippen LogP contribution in [0.15, 0.2) is 24.3 Å². The molecule has 33 heavy (non-hydrogen) atoms. The van der Waals surface area contributed by atoms with Gasteiger partial charge in [0.05, 0.1) is 11.3 Å². The number of benzene rings is 1. The number of hydrogen-bond donors (Lipinski definition) is 2. The van der Waals surface area contributed by atoms with Crippen molar-refractivity contribution in [2.45, 2.75) is 45.8 Å². The Hall–Kier alpha value is -2.28. The number of carbonyl (C=O) groups excluding carboxylic acids is 1. The number of alkyl halides is 3. The molecule has 0 saturated carbocycles. The third-order valence-corrected chi connectivity index (χ3v) is 5.59. The monoisotopic (exact) mass is 458 g/mol. The zero-order valence-corrected chi connectivity index (χ0v) is 19.2. The van der Waals surface area contributed by atoms with Crippen LogP contribution in [-0.2, 0) is 11.0 Å². The quantitative estimate of drug-likeness (QED) is 0.580. The number of phenolic OH excluding ortho intramolecular Hbond substituents is 1. The molecule has 0 bridgehead atoms. The van der Waals surface area contributed by atoms with Crippen LogP contribution < -0.4 is 29.3 Å². The maximum atomic E-state index is 12.8. The van der Waals surface area contributed by atoms with Gasteiger partial charge in [-0.1, -0.05) is 13.8 Å². The Bertz CT molecular complexity index is 1000. The molecule has 1 aliphatic heterocycles. The number of nitrogens with zero attached hydrogens (tertiary/aromatic N) is 3. The Balaban J connectivity index is 0.00000385. The number of carbonyl (C=O) groups is 1. The Morgan fingerprint density at radius 1 is 1.27 bits per heavy atom. The number of aryl methyl sites for hydroxylation is 1. The van der Waals surface area contributed by atoms with E-state index in [1.165, 1.54) is 6.07 Å². The van der Waals surface area contributed by atoms with Crippen LogP contribution >= 0.6 is 0 Å². The number of aromatic nitrogens is 2. The molecule has 1 atom stereocenters. The summed E-state index contributed by atoms with van der Waals surface area (Å²) < 4.78 is 38.5. The summed E-state index contributed by atoms with van der Waals surface area (Å²) in [5.41, 5.74) is -0.788. The number of aliphatic carboxylic acids is 1. The summed E-state index contributed by atoms with van der Waals surface area (Å²) in [7, 11) is 0. The fraction of sp³-hybridized carbons (Fsp3) is 0.500. The Labute approximate surface area is 202 Å². The van der Waals surface area contributed by atoms with E-state index in [4.69, 9.17) is 0 Å². The predicted molar refractivity (Wildman–Crippen MR) is 111 cm³/mol. The maximum Gasteiger partial charge on any atom is 1.00 e. The van der Waals surface area contributed by atoms with Crippen LogP contribution in [0.1, 0.15) is 37.8 Å². The molecule has 1 aliphatic rings. The SMILES string of the molecule is Cc1cc(N[C@@H]2CCCN(CC(C)(C)C(=O)[O-])C2)nnc1-c1ccc(C(F)(F)F)cc1O.[Li+]. The first-order valence-electron chi connectivity index (χ1n) is 10.3. The first kappa shape index (κ1) is 27.0. The van der Waals surface area contributed by atoms with E-state index in [0.717, 1.165) is 25.5 Å². The number of anilines is 1. The standard InChI is InChI=1S/C22H27F3N4O3.Li/c1-13-9-18(26-15-5-4-8-29(11-15)12-21(2,3)20(31)32)27-28-19(13)16-7-6-14(10-17(16)30)22(23,24)25;/h6-7,9-10,15,30H,4-5,8,11-12H2,1-3H3,(H,26,27)(H,31,32);/q;+1/p-1/t15-;/m1./s1. The summed E-state index contributed by atoms with van der Waals surface area (Å²) in [6.45, 7) is 6.84. The molecule has 1 aromatic heterocycles. The first-order valence-corrected chi connectivity index (χ1v) is 10.3. The Morgan fingerprint density at radius 2 is 1.97 bits per heavy atom. The predicted octanol–water partition coefficient (Wildman–Crippen LogP) is -0.167. The summed E-state index contributed by atoms with van der Waals surface area (Å²) in [6.07, 6.45) is -2.77. The molecule has 2 aromatic rings. The summed E-state index contributed by atoms with van der Waals surface area (Å²) >= 11 is 0. The third-order valence-electron chi connectivity index (χ3n) is 5.59. The van der Waals surface area contributed by atoms with Crippen molar-refractivity contribution in [3.8, 4) is 17.0 Å². The van der Waals surface area contributed by atoms with Crippen molar-refractivity contribution < 1.29 is 47.0 Å². The number of halogens is 3. The minimum atomic E-state index is -4.55. The molecule has 11 heteroatoms. The number of phenols is 1. The van der Waals surface area contributed by atoms with E-state index < -0.39 is 28.9 Å². The van der Waals surface area contributed by atoms with E-state index in [1.54, 1.807) is 26.8 Å². The van der Waals surface area contributed by atoms with Crippen LogP contribution in [0.4, 0.5) is 19.0 Å². The summed E-state index contributed by atoms with van der Waals surface area (Å²) in [4.78, 5) is 13.4.